The average Bonchev–Trinajstić information content (AvgIpc) is 3.17. The summed E-state index contributed by atoms with van der Waals surface area (Å²) in [4.78, 5) is 19.5. The molecule has 1 amide bonds. The van der Waals surface area contributed by atoms with Crippen molar-refractivity contribution in [2.24, 2.45) is 13.0 Å². The molecule has 156 valence electrons. The van der Waals surface area contributed by atoms with Crippen LogP contribution in [0.2, 0.25) is 0 Å². The van der Waals surface area contributed by atoms with Crippen LogP contribution in [0.5, 0.6) is 0 Å². The molecule has 0 atom stereocenters. The van der Waals surface area contributed by atoms with Crippen molar-refractivity contribution in [1.82, 2.24) is 24.5 Å². The molecule has 0 saturated carbocycles. The lowest BCUT2D eigenvalue weighted by molar-refractivity contribution is 0.0679. The summed E-state index contributed by atoms with van der Waals surface area (Å²) >= 11 is 0. The normalized spacial score (nSPS) is 19.6. The van der Waals surface area contributed by atoms with E-state index in [9.17, 15) is 4.79 Å². The number of aromatic nitrogens is 2. The molecule has 1 aromatic carbocycles. The number of likely N-dealkylation sites (tertiary alicyclic amines) is 1. The molecule has 0 aliphatic carbocycles. The summed E-state index contributed by atoms with van der Waals surface area (Å²) in [5.41, 5.74) is 3.51. The zero-order chi connectivity index (χ0) is 20.2. The molecule has 2 aromatic rings. The lowest BCUT2D eigenvalue weighted by Gasteiger charge is -2.32. The summed E-state index contributed by atoms with van der Waals surface area (Å²) in [5, 5.41) is 4.11. The number of hydrogen-bond donors (Lipinski definition) is 0. The predicted molar refractivity (Wildman–Crippen MR) is 115 cm³/mol. The van der Waals surface area contributed by atoms with Gasteiger partial charge in [-0.2, -0.15) is 5.10 Å². The Morgan fingerprint density at radius 3 is 2.21 bits per heavy atom. The van der Waals surface area contributed by atoms with E-state index in [0.29, 0.717) is 11.6 Å². The third-order valence-corrected chi connectivity index (χ3v) is 6.49. The molecule has 0 radical (unpaired) electrons. The van der Waals surface area contributed by atoms with E-state index >= 15 is 0 Å². The van der Waals surface area contributed by atoms with Gasteiger partial charge in [-0.25, -0.2) is 0 Å². The smallest absolute Gasteiger partial charge is 0.272 e. The molecular weight excluding hydrogens is 362 g/mol. The number of piperazine rings is 1. The molecule has 6 nitrogen and oxygen atoms in total. The number of amides is 1. The van der Waals surface area contributed by atoms with Crippen LogP contribution >= 0.6 is 0 Å². The Hall–Kier alpha value is -2.18. The highest BCUT2D eigenvalue weighted by Crippen LogP contribution is 2.23. The minimum Gasteiger partial charge on any atom is -0.337 e. The van der Waals surface area contributed by atoms with Crippen molar-refractivity contribution < 1.29 is 4.79 Å². The van der Waals surface area contributed by atoms with Gasteiger partial charge in [-0.1, -0.05) is 24.3 Å². The van der Waals surface area contributed by atoms with Gasteiger partial charge in [-0.15, -0.1) is 0 Å². The summed E-state index contributed by atoms with van der Waals surface area (Å²) in [6.07, 6.45) is 4.95. The molecule has 2 aliphatic rings. The molecule has 0 bridgehead atoms. The zero-order valence-corrected chi connectivity index (χ0v) is 17.8. The lowest BCUT2D eigenvalue weighted by atomic mass is 9.90. The molecule has 0 unspecified atom stereocenters. The first kappa shape index (κ1) is 20.1. The molecule has 0 N–H and O–H groups in total. The van der Waals surface area contributed by atoms with Gasteiger partial charge in [-0.05, 0) is 49.4 Å². The average molecular weight is 396 g/mol. The van der Waals surface area contributed by atoms with E-state index in [2.05, 4.69) is 46.2 Å². The van der Waals surface area contributed by atoms with Crippen LogP contribution in [-0.4, -0.2) is 76.7 Å². The van der Waals surface area contributed by atoms with Gasteiger partial charge in [-0.3, -0.25) is 14.4 Å². The molecule has 3 heterocycles. The van der Waals surface area contributed by atoms with Gasteiger partial charge in [0.15, 0.2) is 0 Å². The van der Waals surface area contributed by atoms with Crippen LogP contribution in [0.1, 0.15) is 34.5 Å². The van der Waals surface area contributed by atoms with Crippen LogP contribution in [0.25, 0.3) is 0 Å². The standard InChI is InChI=1S/C23H33N5O/c1-25-13-15-27(16-14-25)18-21-5-3-19(4-6-21)17-20-8-11-28(12-9-20)23(29)22-7-10-24-26(22)2/h3-7,10,20H,8-9,11-18H2,1-2H3. The summed E-state index contributed by atoms with van der Waals surface area (Å²) < 4.78 is 1.66. The number of rotatable bonds is 5. The zero-order valence-electron chi connectivity index (χ0n) is 17.8. The molecule has 0 spiro atoms. The van der Waals surface area contributed by atoms with Crippen molar-refractivity contribution in [2.45, 2.75) is 25.8 Å². The maximum Gasteiger partial charge on any atom is 0.272 e. The van der Waals surface area contributed by atoms with Crippen molar-refractivity contribution >= 4 is 5.91 Å². The summed E-state index contributed by atoms with van der Waals surface area (Å²) in [5.74, 6) is 0.769. The van der Waals surface area contributed by atoms with Gasteiger partial charge in [0.05, 0.1) is 0 Å². The largest absolute Gasteiger partial charge is 0.337 e. The number of nitrogens with zero attached hydrogens (tertiary/aromatic N) is 5. The van der Waals surface area contributed by atoms with Crippen molar-refractivity contribution in [3.8, 4) is 0 Å². The van der Waals surface area contributed by atoms with Crippen LogP contribution < -0.4 is 0 Å². The second-order valence-electron chi connectivity index (χ2n) is 8.68. The van der Waals surface area contributed by atoms with Gasteiger partial charge in [0.1, 0.15) is 5.69 Å². The highest BCUT2D eigenvalue weighted by atomic mass is 16.2. The molecule has 1 aromatic heterocycles. The second-order valence-corrected chi connectivity index (χ2v) is 8.68. The van der Waals surface area contributed by atoms with Gasteiger partial charge >= 0.3 is 0 Å². The first-order valence-electron chi connectivity index (χ1n) is 10.8. The molecule has 29 heavy (non-hydrogen) atoms. The van der Waals surface area contributed by atoms with Crippen LogP contribution in [0.15, 0.2) is 36.5 Å². The molecular formula is C23H33N5O. The van der Waals surface area contributed by atoms with Gasteiger partial charge in [0.25, 0.3) is 5.91 Å². The predicted octanol–water partition coefficient (Wildman–Crippen LogP) is 2.26. The highest BCUT2D eigenvalue weighted by Gasteiger charge is 2.25. The van der Waals surface area contributed by atoms with Crippen molar-refractivity contribution in [1.29, 1.82) is 0 Å². The molecule has 4 rings (SSSR count). The minimum absolute atomic E-state index is 0.108. The van der Waals surface area contributed by atoms with Crippen LogP contribution in [0, 0.1) is 5.92 Å². The number of piperidine rings is 1. The number of carbonyl (C=O) groups excluding carboxylic acids is 1. The third kappa shape index (κ3) is 5.06. The molecule has 6 heteroatoms. The van der Waals surface area contributed by atoms with Gasteiger partial charge in [0.2, 0.25) is 0 Å². The topological polar surface area (TPSA) is 44.6 Å². The van der Waals surface area contributed by atoms with Crippen LogP contribution in [0.3, 0.4) is 0 Å². The Morgan fingerprint density at radius 2 is 1.59 bits per heavy atom. The SMILES string of the molecule is CN1CCN(Cc2ccc(CC3CCN(C(=O)c4ccnn4C)CC3)cc2)CC1. The van der Waals surface area contributed by atoms with E-state index in [4.69, 9.17) is 0 Å². The quantitative estimate of drug-likeness (QED) is 0.779. The molecule has 2 saturated heterocycles. The fraction of sp³-hybridized carbons (Fsp3) is 0.565. The van der Waals surface area contributed by atoms with Crippen molar-refractivity contribution in [3.05, 3.63) is 53.3 Å². The van der Waals surface area contributed by atoms with E-state index in [1.807, 2.05) is 11.9 Å². The fourth-order valence-electron chi connectivity index (χ4n) is 4.46. The number of aryl methyl sites for hydroxylation is 1. The van der Waals surface area contributed by atoms with Crippen molar-refractivity contribution in [3.63, 3.8) is 0 Å². The first-order chi connectivity index (χ1) is 14.1. The summed E-state index contributed by atoms with van der Waals surface area (Å²) in [6.45, 7) is 7.40. The summed E-state index contributed by atoms with van der Waals surface area (Å²) in [6, 6.07) is 11.0. The number of hydrogen-bond acceptors (Lipinski definition) is 4. The van der Waals surface area contributed by atoms with E-state index in [1.54, 1.807) is 16.9 Å². The van der Waals surface area contributed by atoms with E-state index < -0.39 is 0 Å². The Morgan fingerprint density at radius 1 is 0.931 bits per heavy atom. The molecule has 2 aliphatic heterocycles. The Balaban J connectivity index is 1.24. The Bertz CT molecular complexity index is 799. The van der Waals surface area contributed by atoms with Gasteiger partial charge < -0.3 is 9.80 Å². The minimum atomic E-state index is 0.108. The van der Waals surface area contributed by atoms with Crippen molar-refractivity contribution in [2.75, 3.05) is 46.3 Å². The van der Waals surface area contributed by atoms with E-state index in [0.717, 1.165) is 52.0 Å². The maximum absolute atomic E-state index is 12.6. The second kappa shape index (κ2) is 9.09. The number of carbonyl (C=O) groups is 1. The van der Waals surface area contributed by atoms with Gasteiger partial charge in [0, 0.05) is 59.1 Å². The van der Waals surface area contributed by atoms with E-state index in [1.165, 1.54) is 24.2 Å². The Labute approximate surface area is 174 Å². The Kier molecular flexibility index (Phi) is 6.31. The fourth-order valence-corrected chi connectivity index (χ4v) is 4.46. The summed E-state index contributed by atoms with van der Waals surface area (Å²) in [7, 11) is 4.03. The van der Waals surface area contributed by atoms with Crippen LogP contribution in [0.4, 0.5) is 0 Å². The lowest BCUT2D eigenvalue weighted by Crippen LogP contribution is -2.43. The van der Waals surface area contributed by atoms with E-state index in [-0.39, 0.29) is 5.91 Å². The maximum atomic E-state index is 12.6. The first-order valence-corrected chi connectivity index (χ1v) is 10.8. The third-order valence-electron chi connectivity index (χ3n) is 6.49. The monoisotopic (exact) mass is 395 g/mol. The number of likely N-dealkylation sites (N-methyl/N-ethyl adjacent to an activating group) is 1. The number of benzene rings is 1. The van der Waals surface area contributed by atoms with Crippen LogP contribution in [-0.2, 0) is 20.0 Å². The molecule has 2 fully saturated rings. The highest BCUT2D eigenvalue weighted by molar-refractivity contribution is 5.92.